The van der Waals surface area contributed by atoms with Gasteiger partial charge in [0.15, 0.2) is 6.61 Å². The van der Waals surface area contributed by atoms with E-state index in [1.807, 2.05) is 32.0 Å². The maximum Gasteiger partial charge on any atom is 0.257 e. The third-order valence-electron chi connectivity index (χ3n) is 3.46. The predicted octanol–water partition coefficient (Wildman–Crippen LogP) is 2.60. The first-order valence-electron chi connectivity index (χ1n) is 7.42. The van der Waals surface area contributed by atoms with Crippen molar-refractivity contribution in [3.63, 3.8) is 0 Å². The van der Waals surface area contributed by atoms with Gasteiger partial charge in [-0.15, -0.1) is 0 Å². The lowest BCUT2D eigenvalue weighted by molar-refractivity contribution is -0.123. The third kappa shape index (κ3) is 6.63. The highest BCUT2D eigenvalue weighted by Crippen LogP contribution is 2.21. The summed E-state index contributed by atoms with van der Waals surface area (Å²) in [5.74, 6) is 0.627. The Morgan fingerprint density at radius 2 is 2.05 bits per heavy atom. The largest absolute Gasteiger partial charge is 0.484 e. The third-order valence-corrected chi connectivity index (χ3v) is 3.46. The molecule has 0 radical (unpaired) electrons. The summed E-state index contributed by atoms with van der Waals surface area (Å²) in [7, 11) is 0. The van der Waals surface area contributed by atoms with Gasteiger partial charge in [0.25, 0.3) is 5.91 Å². The molecule has 0 fully saturated rings. The number of hydrogen-bond acceptors (Lipinski definition) is 3. The first-order valence-corrected chi connectivity index (χ1v) is 7.42. The van der Waals surface area contributed by atoms with Crippen molar-refractivity contribution in [1.82, 2.24) is 5.32 Å². The SMILES string of the molecule is Cc1ccc(OCC(=O)NCC(C)(C)CCCO)c(C)c1. The monoisotopic (exact) mass is 293 g/mol. The van der Waals surface area contributed by atoms with E-state index < -0.39 is 0 Å². The second-order valence-corrected chi connectivity index (χ2v) is 6.33. The van der Waals surface area contributed by atoms with Crippen LogP contribution in [0.25, 0.3) is 0 Å². The zero-order valence-corrected chi connectivity index (χ0v) is 13.5. The molecule has 0 atom stereocenters. The van der Waals surface area contributed by atoms with Gasteiger partial charge in [-0.1, -0.05) is 31.5 Å². The van der Waals surface area contributed by atoms with Gasteiger partial charge in [0.05, 0.1) is 0 Å². The molecule has 1 aromatic rings. The second kappa shape index (κ2) is 8.03. The van der Waals surface area contributed by atoms with E-state index in [0.717, 1.165) is 24.2 Å². The van der Waals surface area contributed by atoms with Crippen molar-refractivity contribution in [2.75, 3.05) is 19.8 Å². The Morgan fingerprint density at radius 3 is 2.67 bits per heavy atom. The zero-order chi connectivity index (χ0) is 15.9. The van der Waals surface area contributed by atoms with Gasteiger partial charge in [-0.05, 0) is 43.7 Å². The molecule has 4 nitrogen and oxygen atoms in total. The summed E-state index contributed by atoms with van der Waals surface area (Å²) >= 11 is 0. The first kappa shape index (κ1) is 17.5. The van der Waals surface area contributed by atoms with Gasteiger partial charge in [0.2, 0.25) is 0 Å². The number of ether oxygens (including phenoxy) is 1. The van der Waals surface area contributed by atoms with Crippen LogP contribution in [0, 0.1) is 19.3 Å². The minimum Gasteiger partial charge on any atom is -0.484 e. The molecular formula is C17H27NO3. The fourth-order valence-corrected chi connectivity index (χ4v) is 2.14. The van der Waals surface area contributed by atoms with Crippen LogP contribution in [0.3, 0.4) is 0 Å². The van der Waals surface area contributed by atoms with Gasteiger partial charge in [0, 0.05) is 13.2 Å². The normalized spacial score (nSPS) is 11.3. The number of aliphatic hydroxyl groups is 1. The quantitative estimate of drug-likeness (QED) is 0.774. The van der Waals surface area contributed by atoms with Gasteiger partial charge in [-0.2, -0.15) is 0 Å². The standard InChI is InChI=1S/C17H27NO3/c1-13-6-7-15(14(2)10-13)21-11-16(20)18-12-17(3,4)8-5-9-19/h6-7,10,19H,5,8-9,11-12H2,1-4H3,(H,18,20). The molecule has 0 aromatic heterocycles. The summed E-state index contributed by atoms with van der Waals surface area (Å²) in [6.07, 6.45) is 1.63. The van der Waals surface area contributed by atoms with Crippen LogP contribution in [0.4, 0.5) is 0 Å². The molecular weight excluding hydrogens is 266 g/mol. The van der Waals surface area contributed by atoms with E-state index in [1.165, 1.54) is 5.56 Å². The lowest BCUT2D eigenvalue weighted by atomic mass is 9.88. The number of hydrogen-bond donors (Lipinski definition) is 2. The maximum atomic E-state index is 11.8. The maximum absolute atomic E-state index is 11.8. The summed E-state index contributed by atoms with van der Waals surface area (Å²) in [4.78, 5) is 11.8. The van der Waals surface area contributed by atoms with Crippen LogP contribution in [-0.4, -0.2) is 30.8 Å². The molecule has 0 aliphatic carbocycles. The summed E-state index contributed by atoms with van der Waals surface area (Å²) in [6.45, 7) is 8.95. The summed E-state index contributed by atoms with van der Waals surface area (Å²) in [6, 6.07) is 5.90. The van der Waals surface area contributed by atoms with Crippen molar-refractivity contribution in [3.8, 4) is 5.75 Å². The number of carbonyl (C=O) groups excluding carboxylic acids is 1. The number of aliphatic hydroxyl groups excluding tert-OH is 1. The molecule has 1 aromatic carbocycles. The number of carbonyl (C=O) groups is 1. The number of nitrogens with one attached hydrogen (secondary N) is 1. The van der Waals surface area contributed by atoms with Crippen LogP contribution in [0.1, 0.15) is 37.8 Å². The van der Waals surface area contributed by atoms with Crippen LogP contribution < -0.4 is 10.1 Å². The molecule has 0 aliphatic rings. The summed E-state index contributed by atoms with van der Waals surface area (Å²) < 4.78 is 5.55. The zero-order valence-electron chi connectivity index (χ0n) is 13.5. The minimum absolute atomic E-state index is 0.0157. The smallest absolute Gasteiger partial charge is 0.257 e. The van der Waals surface area contributed by atoms with Gasteiger partial charge in [0.1, 0.15) is 5.75 Å². The highest BCUT2D eigenvalue weighted by atomic mass is 16.5. The molecule has 118 valence electrons. The van der Waals surface area contributed by atoms with E-state index in [4.69, 9.17) is 9.84 Å². The second-order valence-electron chi connectivity index (χ2n) is 6.33. The lowest BCUT2D eigenvalue weighted by Crippen LogP contribution is -2.36. The number of benzene rings is 1. The summed E-state index contributed by atoms with van der Waals surface area (Å²) in [5.41, 5.74) is 2.19. The first-order chi connectivity index (χ1) is 9.84. The van der Waals surface area contributed by atoms with Crippen LogP contribution in [0.2, 0.25) is 0 Å². The van der Waals surface area contributed by atoms with E-state index in [1.54, 1.807) is 0 Å². The van der Waals surface area contributed by atoms with Crippen LogP contribution in [0.15, 0.2) is 18.2 Å². The Bertz CT molecular complexity index is 469. The molecule has 0 heterocycles. The molecule has 0 aliphatic heterocycles. The van der Waals surface area contributed by atoms with Crippen LogP contribution >= 0.6 is 0 Å². The predicted molar refractivity (Wildman–Crippen MR) is 84.5 cm³/mol. The fourth-order valence-electron chi connectivity index (χ4n) is 2.14. The highest BCUT2D eigenvalue weighted by Gasteiger charge is 2.18. The van der Waals surface area contributed by atoms with Gasteiger partial charge < -0.3 is 15.2 Å². The van der Waals surface area contributed by atoms with E-state index >= 15 is 0 Å². The van der Waals surface area contributed by atoms with E-state index in [2.05, 4.69) is 19.2 Å². The molecule has 0 unspecified atom stereocenters. The Hall–Kier alpha value is -1.55. The van der Waals surface area contributed by atoms with Crippen molar-refractivity contribution in [1.29, 1.82) is 0 Å². The molecule has 1 amide bonds. The molecule has 4 heteroatoms. The Morgan fingerprint density at radius 1 is 1.33 bits per heavy atom. The van der Waals surface area contributed by atoms with Crippen molar-refractivity contribution in [2.24, 2.45) is 5.41 Å². The molecule has 1 rings (SSSR count). The van der Waals surface area contributed by atoms with Gasteiger partial charge in [-0.3, -0.25) is 4.79 Å². The Labute approximate surface area is 127 Å². The molecule has 0 saturated carbocycles. The molecule has 0 spiro atoms. The van der Waals surface area contributed by atoms with E-state index in [0.29, 0.717) is 6.54 Å². The molecule has 0 saturated heterocycles. The highest BCUT2D eigenvalue weighted by molar-refractivity contribution is 5.77. The average molecular weight is 293 g/mol. The minimum atomic E-state index is -0.118. The Balaban J connectivity index is 2.37. The molecule has 2 N–H and O–H groups in total. The molecule has 0 bridgehead atoms. The fraction of sp³-hybridized carbons (Fsp3) is 0.588. The van der Waals surface area contributed by atoms with Crippen molar-refractivity contribution < 1.29 is 14.6 Å². The number of aryl methyl sites for hydroxylation is 2. The topological polar surface area (TPSA) is 58.6 Å². The van der Waals surface area contributed by atoms with Crippen molar-refractivity contribution in [3.05, 3.63) is 29.3 Å². The van der Waals surface area contributed by atoms with Crippen LogP contribution in [0.5, 0.6) is 5.75 Å². The van der Waals surface area contributed by atoms with Crippen molar-refractivity contribution >= 4 is 5.91 Å². The lowest BCUT2D eigenvalue weighted by Gasteiger charge is -2.24. The molecule has 21 heavy (non-hydrogen) atoms. The van der Waals surface area contributed by atoms with Crippen LogP contribution in [-0.2, 0) is 4.79 Å². The van der Waals surface area contributed by atoms with Gasteiger partial charge in [-0.25, -0.2) is 0 Å². The summed E-state index contributed by atoms with van der Waals surface area (Å²) in [5, 5.41) is 11.7. The average Bonchev–Trinajstić information content (AvgIpc) is 2.42. The number of rotatable bonds is 8. The van der Waals surface area contributed by atoms with Gasteiger partial charge >= 0.3 is 0 Å². The van der Waals surface area contributed by atoms with E-state index in [9.17, 15) is 4.79 Å². The Kier molecular flexibility index (Phi) is 6.69. The number of amides is 1. The van der Waals surface area contributed by atoms with Crippen molar-refractivity contribution in [2.45, 2.75) is 40.5 Å². The van der Waals surface area contributed by atoms with E-state index in [-0.39, 0.29) is 24.5 Å².